The maximum absolute atomic E-state index is 4.43. The van der Waals surface area contributed by atoms with Crippen molar-refractivity contribution in [3.05, 3.63) is 156 Å². The third-order valence-corrected chi connectivity index (χ3v) is 11.0. The van der Waals surface area contributed by atoms with E-state index >= 15 is 0 Å². The number of nitrogens with zero attached hydrogens (tertiary/aromatic N) is 2. The van der Waals surface area contributed by atoms with Gasteiger partial charge >= 0.3 is 0 Å². The van der Waals surface area contributed by atoms with Gasteiger partial charge in [-0.25, -0.2) is 0 Å². The number of benzene rings is 6. The van der Waals surface area contributed by atoms with E-state index in [1.54, 1.807) is 0 Å². The number of fused-ring (bicyclic) bond motifs is 10. The molecule has 0 spiro atoms. The van der Waals surface area contributed by atoms with Crippen molar-refractivity contribution in [1.82, 2.24) is 9.13 Å². The fraction of sp³-hybridized carbons (Fsp3) is 0.0233. The van der Waals surface area contributed by atoms with Crippen LogP contribution in [0.4, 0.5) is 0 Å². The van der Waals surface area contributed by atoms with E-state index in [0.717, 1.165) is 28.2 Å². The van der Waals surface area contributed by atoms with Crippen molar-refractivity contribution in [2.45, 2.75) is 6.42 Å². The predicted molar refractivity (Wildman–Crippen MR) is 198 cm³/mol. The maximum Gasteiger partial charge on any atom is 0.0541 e. The van der Waals surface area contributed by atoms with Crippen molar-refractivity contribution in [3.63, 3.8) is 0 Å². The summed E-state index contributed by atoms with van der Waals surface area (Å²) in [5.74, 6) is 0. The molecule has 0 amide bonds. The molecule has 216 valence electrons. The summed E-state index contributed by atoms with van der Waals surface area (Å²) in [5, 5.41) is 8.49. The molecule has 6 aromatic carbocycles. The number of thiophene rings is 1. The summed E-state index contributed by atoms with van der Waals surface area (Å²) >= 11 is 1.88. The van der Waals surface area contributed by atoms with Crippen LogP contribution >= 0.6 is 11.3 Å². The minimum Gasteiger partial charge on any atom is -0.309 e. The van der Waals surface area contributed by atoms with Crippen LogP contribution in [0.3, 0.4) is 0 Å². The van der Waals surface area contributed by atoms with Crippen LogP contribution < -0.4 is 10.6 Å². The number of aromatic nitrogens is 2. The van der Waals surface area contributed by atoms with Crippen molar-refractivity contribution in [2.75, 3.05) is 0 Å². The summed E-state index contributed by atoms with van der Waals surface area (Å²) in [4.78, 5) is 0. The van der Waals surface area contributed by atoms with E-state index in [-0.39, 0.29) is 0 Å². The Morgan fingerprint density at radius 2 is 1.15 bits per heavy atom. The molecule has 0 saturated heterocycles. The molecule has 0 atom stereocenters. The first kappa shape index (κ1) is 25.7. The Morgan fingerprint density at radius 3 is 1.89 bits per heavy atom. The molecule has 3 heterocycles. The van der Waals surface area contributed by atoms with E-state index < -0.39 is 0 Å². The maximum atomic E-state index is 4.43. The molecular formula is C43H28N2S. The highest BCUT2D eigenvalue weighted by Crippen LogP contribution is 2.45. The van der Waals surface area contributed by atoms with Crippen molar-refractivity contribution >= 4 is 76.9 Å². The number of hydrogen-bond donors (Lipinski definition) is 0. The van der Waals surface area contributed by atoms with Crippen molar-refractivity contribution in [2.24, 2.45) is 0 Å². The first-order valence-corrected chi connectivity index (χ1v) is 16.5. The van der Waals surface area contributed by atoms with E-state index in [2.05, 4.69) is 150 Å². The molecule has 0 N–H and O–H groups in total. The van der Waals surface area contributed by atoms with Crippen molar-refractivity contribution in [3.8, 4) is 22.5 Å². The van der Waals surface area contributed by atoms with E-state index in [4.69, 9.17) is 0 Å². The molecule has 0 radical (unpaired) electrons. The van der Waals surface area contributed by atoms with Crippen molar-refractivity contribution in [1.29, 1.82) is 0 Å². The first-order valence-electron chi connectivity index (χ1n) is 15.7. The molecule has 2 nitrogen and oxygen atoms in total. The average molecular weight is 605 g/mol. The SMILES string of the molecule is C=CC=c1c(=C)c2ccccc2n1-c1ccc2sc3cc4c(cc3c2c1)Cc1ccc(-n2c3ccccc3c3ccccc32)cc1-4. The molecule has 0 aliphatic heterocycles. The van der Waals surface area contributed by atoms with Crippen LogP contribution in [-0.4, -0.2) is 9.13 Å². The lowest BCUT2D eigenvalue weighted by molar-refractivity contribution is 1.07. The van der Waals surface area contributed by atoms with Crippen LogP contribution in [0, 0.1) is 0 Å². The number of rotatable bonds is 3. The summed E-state index contributed by atoms with van der Waals surface area (Å²) in [7, 11) is 0. The summed E-state index contributed by atoms with van der Waals surface area (Å²) in [5.41, 5.74) is 11.5. The molecule has 46 heavy (non-hydrogen) atoms. The van der Waals surface area contributed by atoms with Gasteiger partial charge in [-0.15, -0.1) is 11.3 Å². The topological polar surface area (TPSA) is 9.86 Å². The molecule has 0 unspecified atom stereocenters. The largest absolute Gasteiger partial charge is 0.309 e. The summed E-state index contributed by atoms with van der Waals surface area (Å²) in [6, 6.07) is 44.8. The van der Waals surface area contributed by atoms with Gasteiger partial charge in [0.25, 0.3) is 0 Å². The second kappa shape index (κ2) is 9.43. The Morgan fingerprint density at radius 1 is 0.543 bits per heavy atom. The third kappa shape index (κ3) is 3.46. The Hall–Kier alpha value is -5.64. The highest BCUT2D eigenvalue weighted by molar-refractivity contribution is 7.25. The summed E-state index contributed by atoms with van der Waals surface area (Å²) in [6.45, 7) is 8.41. The van der Waals surface area contributed by atoms with Gasteiger partial charge in [0, 0.05) is 52.9 Å². The summed E-state index contributed by atoms with van der Waals surface area (Å²) < 4.78 is 7.38. The van der Waals surface area contributed by atoms with Crippen LogP contribution in [0.25, 0.3) is 88.0 Å². The van der Waals surface area contributed by atoms with Gasteiger partial charge in [0.05, 0.1) is 21.9 Å². The molecule has 10 rings (SSSR count). The first-order chi connectivity index (χ1) is 22.7. The van der Waals surface area contributed by atoms with Crippen LogP contribution in [0.1, 0.15) is 11.1 Å². The molecule has 1 aliphatic carbocycles. The van der Waals surface area contributed by atoms with Crippen LogP contribution in [-0.2, 0) is 6.42 Å². The molecule has 3 aromatic heterocycles. The third-order valence-electron chi connectivity index (χ3n) is 9.84. The quantitative estimate of drug-likeness (QED) is 0.190. The van der Waals surface area contributed by atoms with Gasteiger partial charge in [-0.05, 0) is 95.4 Å². The monoisotopic (exact) mass is 604 g/mol. The molecule has 0 saturated carbocycles. The summed E-state index contributed by atoms with van der Waals surface area (Å²) in [6.07, 6.45) is 4.87. The smallest absolute Gasteiger partial charge is 0.0541 e. The number of allylic oxidation sites excluding steroid dienone is 1. The molecular weight excluding hydrogens is 577 g/mol. The van der Waals surface area contributed by atoms with Gasteiger partial charge in [-0.3, -0.25) is 0 Å². The fourth-order valence-corrected chi connectivity index (χ4v) is 8.90. The fourth-order valence-electron chi connectivity index (χ4n) is 7.80. The molecule has 1 aliphatic rings. The number of hydrogen-bond acceptors (Lipinski definition) is 1. The van der Waals surface area contributed by atoms with Gasteiger partial charge < -0.3 is 9.13 Å². The lowest BCUT2D eigenvalue weighted by atomic mass is 10.0. The minimum absolute atomic E-state index is 0.955. The second-order valence-corrected chi connectivity index (χ2v) is 13.4. The van der Waals surface area contributed by atoms with Gasteiger partial charge in [-0.2, -0.15) is 0 Å². The highest BCUT2D eigenvalue weighted by atomic mass is 32.1. The molecule has 3 heteroatoms. The zero-order valence-corrected chi connectivity index (χ0v) is 25.9. The predicted octanol–water partition coefficient (Wildman–Crippen LogP) is 10.0. The molecule has 9 aromatic rings. The zero-order chi connectivity index (χ0) is 30.5. The Labute approximate surface area is 269 Å². The Balaban J connectivity index is 1.15. The van der Waals surface area contributed by atoms with E-state index in [1.165, 1.54) is 75.3 Å². The average Bonchev–Trinajstić information content (AvgIpc) is 3.81. The van der Waals surface area contributed by atoms with E-state index in [1.807, 2.05) is 17.4 Å². The van der Waals surface area contributed by atoms with E-state index in [9.17, 15) is 0 Å². The zero-order valence-electron chi connectivity index (χ0n) is 25.1. The molecule has 0 fully saturated rings. The Kier molecular flexibility index (Phi) is 5.26. The van der Waals surface area contributed by atoms with Gasteiger partial charge in [0.2, 0.25) is 0 Å². The minimum atomic E-state index is 0.955. The lowest BCUT2D eigenvalue weighted by Crippen LogP contribution is -2.26. The van der Waals surface area contributed by atoms with Crippen molar-refractivity contribution < 1.29 is 0 Å². The van der Waals surface area contributed by atoms with Crippen LogP contribution in [0.2, 0.25) is 0 Å². The lowest BCUT2D eigenvalue weighted by Gasteiger charge is -2.10. The standard InChI is InChI=1S/C43H28N2S/c1-3-10-38-26(2)31-11-4-7-14-39(31)44(38)30-19-20-42-37(24-30)36-22-28-21-27-17-18-29(23-34(27)35(28)25-43(36)46-42)45-40-15-8-5-12-32(40)33-13-6-9-16-41(33)45/h3-20,22-25H,1-2,21H2. The molecule has 0 bridgehead atoms. The van der Waals surface area contributed by atoms with Crippen LogP contribution in [0.5, 0.6) is 0 Å². The normalized spacial score (nSPS) is 13.0. The Bertz CT molecular complexity index is 2820. The van der Waals surface area contributed by atoms with Gasteiger partial charge in [0.1, 0.15) is 0 Å². The van der Waals surface area contributed by atoms with E-state index in [0.29, 0.717) is 0 Å². The van der Waals surface area contributed by atoms with Gasteiger partial charge in [-0.1, -0.05) is 79.9 Å². The van der Waals surface area contributed by atoms with Crippen LogP contribution in [0.15, 0.2) is 134 Å². The number of para-hydroxylation sites is 3. The highest BCUT2D eigenvalue weighted by Gasteiger charge is 2.22. The second-order valence-electron chi connectivity index (χ2n) is 12.3. The van der Waals surface area contributed by atoms with Gasteiger partial charge in [0.15, 0.2) is 0 Å².